The lowest BCUT2D eigenvalue weighted by atomic mass is 9.54. The quantitative estimate of drug-likeness (QED) is 0.813. The summed E-state index contributed by atoms with van der Waals surface area (Å²) >= 11 is 0. The molecule has 2 N–H and O–H groups in total. The molecule has 1 heterocycles. The normalized spacial score (nSPS) is 37.6. The number of nitrogens with two attached hydrogens (primary N) is 1. The first-order valence-electron chi connectivity index (χ1n) is 8.59. The molecule has 1 saturated carbocycles. The number of rotatable bonds is 6. The Bertz CT molecular complexity index is 316. The van der Waals surface area contributed by atoms with Gasteiger partial charge in [-0.2, -0.15) is 0 Å². The maximum atomic E-state index is 6.77. The number of hydrogen-bond acceptors (Lipinski definition) is 3. The van der Waals surface area contributed by atoms with Crippen LogP contribution in [0.4, 0.5) is 0 Å². The van der Waals surface area contributed by atoms with Crippen molar-refractivity contribution in [3.05, 3.63) is 0 Å². The maximum Gasteiger partial charge on any atom is 0.0662 e. The molecule has 0 spiro atoms. The van der Waals surface area contributed by atoms with Gasteiger partial charge in [-0.1, -0.05) is 33.6 Å². The van der Waals surface area contributed by atoms with Crippen LogP contribution in [0.3, 0.4) is 0 Å². The Morgan fingerprint density at radius 1 is 1.25 bits per heavy atom. The minimum Gasteiger partial charge on any atom is -0.378 e. The molecule has 1 aliphatic heterocycles. The van der Waals surface area contributed by atoms with Gasteiger partial charge in [0.25, 0.3) is 0 Å². The summed E-state index contributed by atoms with van der Waals surface area (Å²) in [6.45, 7) is 12.0. The van der Waals surface area contributed by atoms with Crippen molar-refractivity contribution in [3.8, 4) is 0 Å². The van der Waals surface area contributed by atoms with Gasteiger partial charge in [0.2, 0.25) is 0 Å². The summed E-state index contributed by atoms with van der Waals surface area (Å²) in [4.78, 5) is 2.68. The molecule has 2 rings (SSSR count). The third-order valence-electron chi connectivity index (χ3n) is 5.86. The highest BCUT2D eigenvalue weighted by Gasteiger charge is 2.59. The molecule has 3 heteroatoms. The van der Waals surface area contributed by atoms with E-state index in [1.165, 1.54) is 38.6 Å². The predicted molar refractivity (Wildman–Crippen MR) is 84.9 cm³/mol. The van der Waals surface area contributed by atoms with Crippen LogP contribution in [-0.2, 0) is 4.74 Å². The second-order valence-corrected chi connectivity index (χ2v) is 7.43. The summed E-state index contributed by atoms with van der Waals surface area (Å²) in [5.41, 5.74) is 6.79. The van der Waals surface area contributed by atoms with E-state index in [1.807, 2.05) is 0 Å². The van der Waals surface area contributed by atoms with Gasteiger partial charge in [0.15, 0.2) is 0 Å². The van der Waals surface area contributed by atoms with E-state index >= 15 is 0 Å². The Morgan fingerprint density at radius 3 is 2.60 bits per heavy atom. The standard InChI is InChI=1S/C17H34N2O/c1-5-9-14-10-7-8-11-19(14)13-17(18)12-15(20-6-2)16(17,3)4/h14-15H,5-13,18H2,1-4H3. The van der Waals surface area contributed by atoms with Gasteiger partial charge < -0.3 is 10.5 Å². The molecule has 3 atom stereocenters. The molecule has 0 radical (unpaired) electrons. The average Bonchev–Trinajstić information content (AvgIpc) is 2.41. The molecule has 2 fully saturated rings. The van der Waals surface area contributed by atoms with Crippen LogP contribution >= 0.6 is 0 Å². The van der Waals surface area contributed by atoms with E-state index in [9.17, 15) is 0 Å². The number of likely N-dealkylation sites (tertiary alicyclic amines) is 1. The van der Waals surface area contributed by atoms with Crippen LogP contribution in [0.5, 0.6) is 0 Å². The van der Waals surface area contributed by atoms with E-state index in [-0.39, 0.29) is 11.0 Å². The molecular weight excluding hydrogens is 248 g/mol. The molecule has 0 aromatic carbocycles. The maximum absolute atomic E-state index is 6.77. The van der Waals surface area contributed by atoms with Gasteiger partial charge in [0.1, 0.15) is 0 Å². The van der Waals surface area contributed by atoms with E-state index < -0.39 is 0 Å². The Kier molecular flexibility index (Phi) is 5.14. The lowest BCUT2D eigenvalue weighted by Crippen LogP contribution is -2.74. The molecule has 0 amide bonds. The number of nitrogens with zero attached hydrogens (tertiary/aromatic N) is 1. The van der Waals surface area contributed by atoms with E-state index in [0.717, 1.165) is 25.6 Å². The summed E-state index contributed by atoms with van der Waals surface area (Å²) in [6.07, 6.45) is 8.05. The zero-order valence-corrected chi connectivity index (χ0v) is 14.0. The smallest absolute Gasteiger partial charge is 0.0662 e. The van der Waals surface area contributed by atoms with Crippen LogP contribution in [0.15, 0.2) is 0 Å². The van der Waals surface area contributed by atoms with Crippen molar-refractivity contribution in [2.75, 3.05) is 19.7 Å². The van der Waals surface area contributed by atoms with E-state index in [4.69, 9.17) is 10.5 Å². The summed E-state index contributed by atoms with van der Waals surface area (Å²) < 4.78 is 5.85. The van der Waals surface area contributed by atoms with E-state index in [1.54, 1.807) is 0 Å². The first kappa shape index (κ1) is 16.3. The van der Waals surface area contributed by atoms with Gasteiger partial charge in [-0.3, -0.25) is 4.90 Å². The van der Waals surface area contributed by atoms with Crippen molar-refractivity contribution < 1.29 is 4.74 Å². The SMILES string of the molecule is CCCC1CCCCN1CC1(N)CC(OCC)C1(C)C. The van der Waals surface area contributed by atoms with Crippen LogP contribution in [0.2, 0.25) is 0 Å². The highest BCUT2D eigenvalue weighted by Crippen LogP contribution is 2.50. The zero-order chi connectivity index (χ0) is 14.8. The number of ether oxygens (including phenoxy) is 1. The third-order valence-corrected chi connectivity index (χ3v) is 5.86. The second-order valence-electron chi connectivity index (χ2n) is 7.43. The van der Waals surface area contributed by atoms with Crippen molar-refractivity contribution in [1.29, 1.82) is 0 Å². The van der Waals surface area contributed by atoms with Gasteiger partial charge in [-0.25, -0.2) is 0 Å². The molecule has 0 bridgehead atoms. The summed E-state index contributed by atoms with van der Waals surface area (Å²) in [7, 11) is 0. The molecule has 1 aliphatic carbocycles. The minimum absolute atomic E-state index is 0.0732. The van der Waals surface area contributed by atoms with Gasteiger partial charge in [-0.15, -0.1) is 0 Å². The van der Waals surface area contributed by atoms with E-state index in [0.29, 0.717) is 6.10 Å². The van der Waals surface area contributed by atoms with Crippen LogP contribution in [-0.4, -0.2) is 42.3 Å². The van der Waals surface area contributed by atoms with Gasteiger partial charge in [-0.05, 0) is 39.2 Å². The Balaban J connectivity index is 1.97. The summed E-state index contributed by atoms with van der Waals surface area (Å²) in [5.74, 6) is 0. The number of hydrogen-bond donors (Lipinski definition) is 1. The molecule has 2 aliphatic rings. The molecular formula is C17H34N2O. The largest absolute Gasteiger partial charge is 0.378 e. The van der Waals surface area contributed by atoms with Gasteiger partial charge in [0, 0.05) is 30.1 Å². The van der Waals surface area contributed by atoms with Crippen LogP contribution < -0.4 is 5.73 Å². The topological polar surface area (TPSA) is 38.5 Å². The first-order chi connectivity index (χ1) is 9.44. The fourth-order valence-corrected chi connectivity index (χ4v) is 4.07. The molecule has 118 valence electrons. The predicted octanol–water partition coefficient (Wildman–Crippen LogP) is 3.17. The van der Waals surface area contributed by atoms with Crippen LogP contribution in [0, 0.1) is 5.41 Å². The lowest BCUT2D eigenvalue weighted by Gasteiger charge is -2.61. The molecule has 0 aromatic rings. The van der Waals surface area contributed by atoms with Crippen molar-refractivity contribution in [2.45, 2.75) is 83.9 Å². The van der Waals surface area contributed by atoms with Crippen molar-refractivity contribution in [1.82, 2.24) is 4.90 Å². The Labute approximate surface area is 125 Å². The Hall–Kier alpha value is -0.120. The minimum atomic E-state index is -0.0732. The first-order valence-corrected chi connectivity index (χ1v) is 8.59. The van der Waals surface area contributed by atoms with Crippen molar-refractivity contribution >= 4 is 0 Å². The average molecular weight is 282 g/mol. The number of piperidine rings is 1. The highest BCUT2D eigenvalue weighted by atomic mass is 16.5. The molecule has 3 nitrogen and oxygen atoms in total. The highest BCUT2D eigenvalue weighted by molar-refractivity contribution is 5.15. The zero-order valence-electron chi connectivity index (χ0n) is 14.0. The summed E-state index contributed by atoms with van der Waals surface area (Å²) in [5, 5.41) is 0. The Morgan fingerprint density at radius 2 is 2.00 bits per heavy atom. The third kappa shape index (κ3) is 2.90. The van der Waals surface area contributed by atoms with Crippen molar-refractivity contribution in [2.24, 2.45) is 11.1 Å². The molecule has 0 aromatic heterocycles. The van der Waals surface area contributed by atoms with Crippen LogP contribution in [0.25, 0.3) is 0 Å². The molecule has 3 unspecified atom stereocenters. The van der Waals surface area contributed by atoms with Gasteiger partial charge in [0.05, 0.1) is 6.10 Å². The fourth-order valence-electron chi connectivity index (χ4n) is 4.07. The monoisotopic (exact) mass is 282 g/mol. The van der Waals surface area contributed by atoms with Gasteiger partial charge >= 0.3 is 0 Å². The second kappa shape index (κ2) is 6.33. The fraction of sp³-hybridized carbons (Fsp3) is 1.00. The van der Waals surface area contributed by atoms with E-state index in [2.05, 4.69) is 32.6 Å². The molecule has 20 heavy (non-hydrogen) atoms. The lowest BCUT2D eigenvalue weighted by molar-refractivity contribution is -0.159. The molecule has 1 saturated heterocycles. The van der Waals surface area contributed by atoms with Crippen LogP contribution in [0.1, 0.15) is 66.2 Å². The van der Waals surface area contributed by atoms with Crippen molar-refractivity contribution in [3.63, 3.8) is 0 Å². The summed E-state index contributed by atoms with van der Waals surface area (Å²) in [6, 6.07) is 0.760.